The molecule has 6 nitrogen and oxygen atoms in total. The van der Waals surface area contributed by atoms with Gasteiger partial charge < -0.3 is 21.3 Å². The first-order chi connectivity index (χ1) is 13.2. The van der Waals surface area contributed by atoms with E-state index in [1.165, 1.54) is 18.3 Å². The molecule has 0 spiro atoms. The van der Waals surface area contributed by atoms with Gasteiger partial charge in [0.1, 0.15) is 17.3 Å². The van der Waals surface area contributed by atoms with Gasteiger partial charge in [0.25, 0.3) is 5.91 Å². The summed E-state index contributed by atoms with van der Waals surface area (Å²) in [6.07, 6.45) is 1.20. The molecule has 0 radical (unpaired) electrons. The number of pyridine rings is 1. The number of ether oxygens (including phenoxy) is 1. The molecule has 0 fully saturated rings. The summed E-state index contributed by atoms with van der Waals surface area (Å²) in [6.45, 7) is 3.52. The molecule has 0 aliphatic rings. The number of anilines is 1. The van der Waals surface area contributed by atoms with Gasteiger partial charge in [0.15, 0.2) is 0 Å². The normalized spacial score (nSPS) is 10.7. The third-order valence-electron chi connectivity index (χ3n) is 4.35. The number of nitrogen functional groups attached to an aromatic ring is 1. The summed E-state index contributed by atoms with van der Waals surface area (Å²) < 4.78 is 19.2. The SMILES string of the molecule is Cc1ccc(O)c(C)c1-c1c(Oc2ccc(F)c(Cl)c2)ncc(C(N)=O)c1N. The predicted molar refractivity (Wildman–Crippen MR) is 105 cm³/mol. The Morgan fingerprint density at radius 2 is 1.93 bits per heavy atom. The monoisotopic (exact) mass is 401 g/mol. The molecule has 0 aliphatic heterocycles. The van der Waals surface area contributed by atoms with Gasteiger partial charge in [0, 0.05) is 12.3 Å². The number of aryl methyl sites for hydroxylation is 1. The Kier molecular flexibility index (Phi) is 5.11. The summed E-state index contributed by atoms with van der Waals surface area (Å²) in [5, 5.41) is 10.0. The molecule has 2 aromatic carbocycles. The minimum atomic E-state index is -0.752. The Morgan fingerprint density at radius 3 is 2.57 bits per heavy atom. The average Bonchev–Trinajstić information content (AvgIpc) is 2.63. The second-order valence-corrected chi connectivity index (χ2v) is 6.62. The van der Waals surface area contributed by atoms with Crippen LogP contribution in [0.15, 0.2) is 36.5 Å². The molecule has 0 saturated carbocycles. The highest BCUT2D eigenvalue weighted by molar-refractivity contribution is 6.30. The zero-order chi connectivity index (χ0) is 20.6. The van der Waals surface area contributed by atoms with Crippen molar-refractivity contribution in [3.05, 3.63) is 64.1 Å². The van der Waals surface area contributed by atoms with Crippen LogP contribution < -0.4 is 16.2 Å². The zero-order valence-electron chi connectivity index (χ0n) is 15.1. The highest BCUT2D eigenvalue weighted by atomic mass is 35.5. The molecule has 8 heteroatoms. The third-order valence-corrected chi connectivity index (χ3v) is 4.64. The second kappa shape index (κ2) is 7.36. The molecule has 1 heterocycles. The van der Waals surface area contributed by atoms with Crippen LogP contribution in [0.4, 0.5) is 10.1 Å². The number of nitrogens with zero attached hydrogens (tertiary/aromatic N) is 1. The number of halogens is 2. The van der Waals surface area contributed by atoms with Gasteiger partial charge in [-0.05, 0) is 48.7 Å². The third kappa shape index (κ3) is 3.44. The Balaban J connectivity index is 2.27. The molecule has 1 amide bonds. The lowest BCUT2D eigenvalue weighted by molar-refractivity contribution is 0.100. The van der Waals surface area contributed by atoms with E-state index in [1.807, 2.05) is 6.92 Å². The van der Waals surface area contributed by atoms with Crippen molar-refractivity contribution < 1.29 is 19.0 Å². The van der Waals surface area contributed by atoms with Crippen molar-refractivity contribution in [2.45, 2.75) is 13.8 Å². The van der Waals surface area contributed by atoms with E-state index in [-0.39, 0.29) is 33.7 Å². The van der Waals surface area contributed by atoms with E-state index in [9.17, 15) is 14.3 Å². The summed E-state index contributed by atoms with van der Waals surface area (Å²) in [6, 6.07) is 7.08. The number of phenols is 1. The second-order valence-electron chi connectivity index (χ2n) is 6.21. The van der Waals surface area contributed by atoms with E-state index >= 15 is 0 Å². The molecule has 0 unspecified atom stereocenters. The van der Waals surface area contributed by atoms with Crippen molar-refractivity contribution in [1.82, 2.24) is 4.98 Å². The standard InChI is InChI=1S/C20H17ClFN3O3/c1-9-3-6-15(26)10(2)16(9)17-18(23)12(19(24)27)8-25-20(17)28-11-4-5-14(22)13(21)7-11/h3-8,26H,1-2H3,(H2,23,25)(H2,24,27). The van der Waals surface area contributed by atoms with Gasteiger partial charge in [-0.25, -0.2) is 9.37 Å². The van der Waals surface area contributed by atoms with Crippen LogP contribution in [0.1, 0.15) is 21.5 Å². The molecule has 3 rings (SSSR count). The lowest BCUT2D eigenvalue weighted by Crippen LogP contribution is -2.15. The Bertz CT molecular complexity index is 1100. The number of amides is 1. The van der Waals surface area contributed by atoms with Crippen molar-refractivity contribution in [3.63, 3.8) is 0 Å². The maximum atomic E-state index is 13.4. The Morgan fingerprint density at radius 1 is 1.21 bits per heavy atom. The number of phenolic OH excluding ortho intramolecular Hbond substituents is 1. The van der Waals surface area contributed by atoms with Crippen LogP contribution in [0.5, 0.6) is 17.4 Å². The number of benzene rings is 2. The highest BCUT2D eigenvalue weighted by Crippen LogP contribution is 2.43. The summed E-state index contributed by atoms with van der Waals surface area (Å²) in [7, 11) is 0. The van der Waals surface area contributed by atoms with Crippen molar-refractivity contribution >= 4 is 23.2 Å². The topological polar surface area (TPSA) is 111 Å². The number of carbonyl (C=O) groups excluding carboxylic acids is 1. The van der Waals surface area contributed by atoms with E-state index < -0.39 is 11.7 Å². The van der Waals surface area contributed by atoms with Crippen molar-refractivity contribution in [1.29, 1.82) is 0 Å². The number of nitrogens with two attached hydrogens (primary N) is 2. The number of aromatic hydroxyl groups is 1. The van der Waals surface area contributed by atoms with E-state index in [2.05, 4.69) is 4.98 Å². The molecular formula is C20H17ClFN3O3. The van der Waals surface area contributed by atoms with E-state index in [4.69, 9.17) is 27.8 Å². The molecule has 0 bridgehead atoms. The molecule has 0 saturated heterocycles. The molecule has 28 heavy (non-hydrogen) atoms. The number of aromatic nitrogens is 1. The molecule has 1 aromatic heterocycles. The first kappa shape index (κ1) is 19.4. The number of hydrogen-bond donors (Lipinski definition) is 3. The maximum Gasteiger partial charge on any atom is 0.252 e. The molecule has 5 N–H and O–H groups in total. The Hall–Kier alpha value is -3.32. The van der Waals surface area contributed by atoms with E-state index in [1.54, 1.807) is 19.1 Å². The van der Waals surface area contributed by atoms with Crippen LogP contribution in [-0.4, -0.2) is 16.0 Å². The summed E-state index contributed by atoms with van der Waals surface area (Å²) in [4.78, 5) is 15.9. The molecular weight excluding hydrogens is 385 g/mol. The average molecular weight is 402 g/mol. The van der Waals surface area contributed by atoms with Crippen LogP contribution in [0.25, 0.3) is 11.1 Å². The van der Waals surface area contributed by atoms with Gasteiger partial charge in [0.05, 0.1) is 21.8 Å². The first-order valence-corrected chi connectivity index (χ1v) is 8.59. The smallest absolute Gasteiger partial charge is 0.252 e. The number of primary amides is 1. The van der Waals surface area contributed by atoms with Gasteiger partial charge >= 0.3 is 0 Å². The fraction of sp³-hybridized carbons (Fsp3) is 0.100. The largest absolute Gasteiger partial charge is 0.508 e. The van der Waals surface area contributed by atoms with Crippen LogP contribution in [0.3, 0.4) is 0 Å². The molecule has 0 atom stereocenters. The molecule has 0 aliphatic carbocycles. The van der Waals surface area contributed by atoms with Crippen LogP contribution in [-0.2, 0) is 0 Å². The summed E-state index contributed by atoms with van der Waals surface area (Å²) in [5.41, 5.74) is 13.8. The van der Waals surface area contributed by atoms with Crippen molar-refractivity contribution in [2.24, 2.45) is 5.73 Å². The van der Waals surface area contributed by atoms with Gasteiger partial charge in [-0.1, -0.05) is 17.7 Å². The highest BCUT2D eigenvalue weighted by Gasteiger charge is 2.23. The lowest BCUT2D eigenvalue weighted by Gasteiger charge is -2.18. The molecule has 3 aromatic rings. The van der Waals surface area contributed by atoms with Crippen LogP contribution in [0, 0.1) is 19.7 Å². The van der Waals surface area contributed by atoms with Crippen LogP contribution in [0.2, 0.25) is 5.02 Å². The van der Waals surface area contributed by atoms with Gasteiger partial charge in [-0.3, -0.25) is 4.79 Å². The summed E-state index contributed by atoms with van der Waals surface area (Å²) >= 11 is 5.81. The lowest BCUT2D eigenvalue weighted by atomic mass is 9.93. The minimum absolute atomic E-state index is 0.0154. The predicted octanol–water partition coefficient (Wildman–Crippen LogP) is 4.34. The fourth-order valence-corrected chi connectivity index (χ4v) is 3.07. The number of carbonyl (C=O) groups is 1. The quantitative estimate of drug-likeness (QED) is 0.602. The maximum absolute atomic E-state index is 13.4. The number of rotatable bonds is 4. The summed E-state index contributed by atoms with van der Waals surface area (Å²) in [5.74, 6) is -1.02. The van der Waals surface area contributed by atoms with Gasteiger partial charge in [-0.15, -0.1) is 0 Å². The number of hydrogen-bond acceptors (Lipinski definition) is 5. The van der Waals surface area contributed by atoms with E-state index in [0.717, 1.165) is 11.6 Å². The molecule has 144 valence electrons. The van der Waals surface area contributed by atoms with Crippen molar-refractivity contribution in [3.8, 4) is 28.5 Å². The van der Waals surface area contributed by atoms with E-state index in [0.29, 0.717) is 16.7 Å². The zero-order valence-corrected chi connectivity index (χ0v) is 15.8. The van der Waals surface area contributed by atoms with Crippen LogP contribution >= 0.6 is 11.6 Å². The van der Waals surface area contributed by atoms with Crippen molar-refractivity contribution in [2.75, 3.05) is 5.73 Å². The fourth-order valence-electron chi connectivity index (χ4n) is 2.90. The first-order valence-electron chi connectivity index (χ1n) is 8.21. The van der Waals surface area contributed by atoms with Gasteiger partial charge in [0.2, 0.25) is 5.88 Å². The Labute approximate surface area is 165 Å². The minimum Gasteiger partial charge on any atom is -0.508 e. The van der Waals surface area contributed by atoms with Gasteiger partial charge in [-0.2, -0.15) is 0 Å².